The molecule has 1 aliphatic rings. The zero-order valence-corrected chi connectivity index (χ0v) is 10.3. The van der Waals surface area contributed by atoms with Gasteiger partial charge in [0.2, 0.25) is 0 Å². The van der Waals surface area contributed by atoms with E-state index in [1.807, 2.05) is 0 Å². The molecule has 1 fully saturated rings. The molecule has 6 heteroatoms. The summed E-state index contributed by atoms with van der Waals surface area (Å²) in [5.41, 5.74) is -0.363. The number of aliphatic carboxylic acids is 1. The molecule has 0 radical (unpaired) electrons. The average Bonchev–Trinajstić information content (AvgIpc) is 2.74. The van der Waals surface area contributed by atoms with Crippen molar-refractivity contribution in [2.45, 2.75) is 6.92 Å². The first kappa shape index (κ1) is 13.5. The number of carboxylic acid groups (broad SMARTS) is 1. The molecule has 0 aliphatic carbocycles. The minimum atomic E-state index is -1.20. The van der Waals surface area contributed by atoms with Crippen molar-refractivity contribution < 1.29 is 23.5 Å². The van der Waals surface area contributed by atoms with Gasteiger partial charge in [-0.25, -0.2) is 8.78 Å². The van der Waals surface area contributed by atoms with Gasteiger partial charge < -0.3 is 10.0 Å². The molecule has 1 heterocycles. The molecule has 1 aromatic rings. The highest BCUT2D eigenvalue weighted by molar-refractivity contribution is 5.95. The molecule has 1 N–H and O–H groups in total. The quantitative estimate of drug-likeness (QED) is 0.890. The Morgan fingerprint density at radius 1 is 1.32 bits per heavy atom. The number of carbonyl (C=O) groups excluding carboxylic acids is 1. The summed E-state index contributed by atoms with van der Waals surface area (Å²) >= 11 is 0. The fraction of sp³-hybridized carbons (Fsp3) is 0.385. The van der Waals surface area contributed by atoms with Crippen LogP contribution in [-0.4, -0.2) is 35.0 Å². The number of nitrogens with zero attached hydrogens (tertiary/aromatic N) is 1. The fourth-order valence-electron chi connectivity index (χ4n) is 2.29. The molecule has 4 nitrogen and oxygen atoms in total. The third-order valence-electron chi connectivity index (χ3n) is 3.40. The van der Waals surface area contributed by atoms with E-state index in [2.05, 4.69) is 0 Å². The van der Waals surface area contributed by atoms with Crippen LogP contribution < -0.4 is 0 Å². The van der Waals surface area contributed by atoms with Gasteiger partial charge in [-0.15, -0.1) is 0 Å². The number of halogens is 2. The molecule has 0 aromatic heterocycles. The molecule has 2 atom stereocenters. The molecule has 0 bridgehead atoms. The first-order valence-corrected chi connectivity index (χ1v) is 5.88. The van der Waals surface area contributed by atoms with Gasteiger partial charge in [-0.2, -0.15) is 0 Å². The summed E-state index contributed by atoms with van der Waals surface area (Å²) in [6.07, 6.45) is 0. The van der Waals surface area contributed by atoms with Crippen molar-refractivity contribution in [3.05, 3.63) is 35.4 Å². The summed E-state index contributed by atoms with van der Waals surface area (Å²) < 4.78 is 26.6. The van der Waals surface area contributed by atoms with Crippen molar-refractivity contribution in [3.63, 3.8) is 0 Å². The summed E-state index contributed by atoms with van der Waals surface area (Å²) in [5.74, 6) is -4.82. The topological polar surface area (TPSA) is 57.6 Å². The molecule has 19 heavy (non-hydrogen) atoms. The Kier molecular flexibility index (Phi) is 3.50. The number of carboxylic acids is 1. The normalized spacial score (nSPS) is 22.6. The van der Waals surface area contributed by atoms with E-state index in [0.717, 1.165) is 6.07 Å². The van der Waals surface area contributed by atoms with Crippen LogP contribution in [0.2, 0.25) is 0 Å². The Morgan fingerprint density at radius 2 is 2.00 bits per heavy atom. The van der Waals surface area contributed by atoms with Gasteiger partial charge >= 0.3 is 5.97 Å². The lowest BCUT2D eigenvalue weighted by atomic mass is 9.99. The van der Waals surface area contributed by atoms with E-state index in [9.17, 15) is 18.4 Å². The number of amides is 1. The van der Waals surface area contributed by atoms with E-state index >= 15 is 0 Å². The highest BCUT2D eigenvalue weighted by atomic mass is 19.2. The van der Waals surface area contributed by atoms with E-state index in [0.29, 0.717) is 0 Å². The van der Waals surface area contributed by atoms with Crippen LogP contribution in [0.4, 0.5) is 8.78 Å². The molecular formula is C13H13F2NO3. The molecule has 1 saturated heterocycles. The van der Waals surface area contributed by atoms with Crippen molar-refractivity contribution >= 4 is 11.9 Å². The van der Waals surface area contributed by atoms with Crippen molar-refractivity contribution in [2.24, 2.45) is 11.8 Å². The predicted molar refractivity (Wildman–Crippen MR) is 62.6 cm³/mol. The second-order valence-corrected chi connectivity index (χ2v) is 4.73. The Labute approximate surface area is 108 Å². The Bertz CT molecular complexity index is 533. The maximum atomic E-state index is 13.5. The highest BCUT2D eigenvalue weighted by Crippen LogP contribution is 2.25. The van der Waals surface area contributed by atoms with Crippen LogP contribution in [0.3, 0.4) is 0 Å². The van der Waals surface area contributed by atoms with E-state index in [4.69, 9.17) is 5.11 Å². The average molecular weight is 269 g/mol. The van der Waals surface area contributed by atoms with Gasteiger partial charge in [-0.1, -0.05) is 13.0 Å². The number of benzene rings is 1. The van der Waals surface area contributed by atoms with Crippen LogP contribution in [0.5, 0.6) is 0 Å². The van der Waals surface area contributed by atoms with Crippen LogP contribution in [0, 0.1) is 23.5 Å². The monoisotopic (exact) mass is 269 g/mol. The number of likely N-dealkylation sites (tertiary alicyclic amines) is 1. The molecule has 2 rings (SSSR count). The van der Waals surface area contributed by atoms with E-state index in [-0.39, 0.29) is 24.6 Å². The molecule has 102 valence electrons. The zero-order valence-electron chi connectivity index (χ0n) is 10.3. The smallest absolute Gasteiger partial charge is 0.308 e. The van der Waals surface area contributed by atoms with Crippen LogP contribution in [0.1, 0.15) is 17.3 Å². The molecule has 1 aliphatic heterocycles. The minimum Gasteiger partial charge on any atom is -0.481 e. The Balaban J connectivity index is 2.22. The molecule has 0 saturated carbocycles. The molecule has 1 amide bonds. The van der Waals surface area contributed by atoms with Crippen LogP contribution in [-0.2, 0) is 4.79 Å². The number of hydrogen-bond donors (Lipinski definition) is 1. The predicted octanol–water partition coefficient (Wildman–Crippen LogP) is 1.76. The summed E-state index contributed by atoms with van der Waals surface area (Å²) in [6.45, 7) is 1.96. The lowest BCUT2D eigenvalue weighted by Crippen LogP contribution is -2.30. The molecular weight excluding hydrogens is 256 g/mol. The van der Waals surface area contributed by atoms with Crippen molar-refractivity contribution in [1.29, 1.82) is 0 Å². The Morgan fingerprint density at radius 3 is 2.58 bits per heavy atom. The number of carbonyl (C=O) groups is 2. The lowest BCUT2D eigenvalue weighted by molar-refractivity contribution is -0.142. The summed E-state index contributed by atoms with van der Waals surface area (Å²) in [6, 6.07) is 3.37. The molecule has 0 spiro atoms. The van der Waals surface area contributed by atoms with Gasteiger partial charge in [0, 0.05) is 13.1 Å². The van der Waals surface area contributed by atoms with E-state index in [1.54, 1.807) is 6.92 Å². The summed E-state index contributed by atoms with van der Waals surface area (Å²) in [5, 5.41) is 8.98. The fourth-order valence-corrected chi connectivity index (χ4v) is 2.29. The SMILES string of the molecule is C[C@@H]1CN(C(=O)c2cccc(F)c2F)C[C@H]1C(=O)O. The van der Waals surface area contributed by atoms with Gasteiger partial charge in [0.05, 0.1) is 11.5 Å². The highest BCUT2D eigenvalue weighted by Gasteiger charge is 2.37. The first-order valence-electron chi connectivity index (χ1n) is 5.88. The standard InChI is InChI=1S/C13H13F2NO3/c1-7-5-16(6-9(7)13(18)19)12(17)8-3-2-4-10(14)11(8)15/h2-4,7,9H,5-6H2,1H3,(H,18,19)/t7-,9-/m1/s1. The first-order chi connectivity index (χ1) is 8.91. The lowest BCUT2D eigenvalue weighted by Gasteiger charge is -2.16. The van der Waals surface area contributed by atoms with Gasteiger partial charge in [0.1, 0.15) is 0 Å². The van der Waals surface area contributed by atoms with Gasteiger partial charge in [0.25, 0.3) is 5.91 Å². The van der Waals surface area contributed by atoms with Gasteiger partial charge in [-0.05, 0) is 18.1 Å². The largest absolute Gasteiger partial charge is 0.481 e. The third-order valence-corrected chi connectivity index (χ3v) is 3.40. The Hall–Kier alpha value is -1.98. The second kappa shape index (κ2) is 4.95. The van der Waals surface area contributed by atoms with Gasteiger partial charge in [-0.3, -0.25) is 9.59 Å². The van der Waals surface area contributed by atoms with E-state index < -0.39 is 29.4 Å². The maximum Gasteiger partial charge on any atom is 0.308 e. The van der Waals surface area contributed by atoms with Crippen LogP contribution in [0.15, 0.2) is 18.2 Å². The number of hydrogen-bond acceptors (Lipinski definition) is 2. The number of rotatable bonds is 2. The van der Waals surface area contributed by atoms with Crippen LogP contribution in [0.25, 0.3) is 0 Å². The van der Waals surface area contributed by atoms with Crippen molar-refractivity contribution in [1.82, 2.24) is 4.90 Å². The van der Waals surface area contributed by atoms with Crippen molar-refractivity contribution in [3.8, 4) is 0 Å². The summed E-state index contributed by atoms with van der Waals surface area (Å²) in [4.78, 5) is 24.3. The third kappa shape index (κ3) is 2.43. The molecule has 0 unspecified atom stereocenters. The zero-order chi connectivity index (χ0) is 14.2. The maximum absolute atomic E-state index is 13.5. The molecule has 1 aromatic carbocycles. The van der Waals surface area contributed by atoms with Crippen molar-refractivity contribution in [2.75, 3.05) is 13.1 Å². The van der Waals surface area contributed by atoms with Crippen LogP contribution >= 0.6 is 0 Å². The van der Waals surface area contributed by atoms with Gasteiger partial charge in [0.15, 0.2) is 11.6 Å². The second-order valence-electron chi connectivity index (χ2n) is 4.73. The summed E-state index contributed by atoms with van der Waals surface area (Å²) in [7, 11) is 0. The van der Waals surface area contributed by atoms with E-state index in [1.165, 1.54) is 17.0 Å². The minimum absolute atomic E-state index is 0.0191.